The Hall–Kier alpha value is -5.22. The second-order valence-electron chi connectivity index (χ2n) is 15.5. The number of aromatic nitrogens is 3. The maximum atomic E-state index is 8.78. The number of fused-ring (bicyclic) bond motifs is 3. The fraction of sp³-hybridized carbons (Fsp3) is 0.235. The van der Waals surface area contributed by atoms with Gasteiger partial charge in [0.25, 0.3) is 0 Å². The summed E-state index contributed by atoms with van der Waals surface area (Å²) in [5.74, 6) is 0. The first kappa shape index (κ1) is 28.2. The van der Waals surface area contributed by atoms with E-state index in [2.05, 4.69) is 42.9 Å². The minimum absolute atomic E-state index is 0. The molecule has 0 unspecified atom stereocenters. The molecule has 56 heavy (non-hydrogen) atoms. The van der Waals surface area contributed by atoms with E-state index in [0.717, 1.165) is 39.0 Å². The third-order valence-corrected chi connectivity index (χ3v) is 8.99. The quantitative estimate of drug-likeness (QED) is 0.161. The number of hydrogen-bond donors (Lipinski definition) is 0. The van der Waals surface area contributed by atoms with Crippen LogP contribution < -0.4 is 0 Å². The normalized spacial score (nSPS) is 15.4. The molecule has 0 aliphatic carbocycles. The zero-order chi connectivity index (χ0) is 48.2. The van der Waals surface area contributed by atoms with E-state index in [1.54, 1.807) is 51.1 Å². The predicted molar refractivity (Wildman–Crippen MR) is 229 cm³/mol. The van der Waals surface area contributed by atoms with E-state index in [9.17, 15) is 0 Å². The molecule has 8 aromatic rings. The maximum absolute atomic E-state index is 8.78. The van der Waals surface area contributed by atoms with Crippen LogP contribution in [0.5, 0.6) is 0 Å². The Bertz CT molecular complexity index is 3040. The van der Waals surface area contributed by atoms with Crippen molar-refractivity contribution in [1.82, 2.24) is 15.0 Å². The molecule has 4 aromatic heterocycles. The van der Waals surface area contributed by atoms with Gasteiger partial charge in [-0.15, -0.1) is 54.1 Å². The molecule has 0 fully saturated rings. The van der Waals surface area contributed by atoms with Gasteiger partial charge in [0.05, 0.1) is 11.3 Å². The number of benzene rings is 4. The largest absolute Gasteiger partial charge is 0.500 e. The van der Waals surface area contributed by atoms with Crippen molar-refractivity contribution in [3.63, 3.8) is 0 Å². The number of nitrogens with zero attached hydrogens (tertiary/aromatic N) is 3. The minimum atomic E-state index is -2.67. The number of furan rings is 1. The smallest absolute Gasteiger partial charge is 0.130 e. The molecule has 4 heterocycles. The van der Waals surface area contributed by atoms with E-state index in [0.29, 0.717) is 22.4 Å². The van der Waals surface area contributed by atoms with Gasteiger partial charge in [0.1, 0.15) is 5.58 Å². The summed E-state index contributed by atoms with van der Waals surface area (Å²) in [5.41, 5.74) is 5.61. The summed E-state index contributed by atoms with van der Waals surface area (Å²) < 4.78 is 96.0. The summed E-state index contributed by atoms with van der Waals surface area (Å²) in [7, 11) is 0. The van der Waals surface area contributed by atoms with Crippen molar-refractivity contribution in [1.29, 1.82) is 0 Å². The standard InChI is InChI=1S/C39H39N2O.C12H10N.Ir/c1-24-20-26(22-38(3,4)5)18-19-27(24)32-21-34(40-23-25(32)2)31-15-10-13-29-28-12-9-14-30(36(28)42-37(29)31)33-16-11-17-35(41-33)39(6,7)8;1-10-7-8-12(13-9-10)11-5-3-2-4-6-11;/h9-14,16-21,23H,22H2,1-8H3;2-5,7-9H,1H3;/q2*-1;/i1D3,2D3,22D2;1D3;. The van der Waals surface area contributed by atoms with Gasteiger partial charge in [-0.2, -0.15) is 0 Å². The van der Waals surface area contributed by atoms with Gasteiger partial charge in [-0.1, -0.05) is 107 Å². The molecule has 0 aliphatic rings. The van der Waals surface area contributed by atoms with Gasteiger partial charge < -0.3 is 14.4 Å². The fourth-order valence-corrected chi connectivity index (χ4v) is 6.37. The van der Waals surface area contributed by atoms with E-state index in [4.69, 9.17) is 24.5 Å². The van der Waals surface area contributed by atoms with Gasteiger partial charge in [0.2, 0.25) is 0 Å². The van der Waals surface area contributed by atoms with Gasteiger partial charge in [0, 0.05) is 69.6 Å². The number of hydrogen-bond acceptors (Lipinski definition) is 4. The zero-order valence-electron chi connectivity index (χ0n) is 43.1. The van der Waals surface area contributed by atoms with Crippen LogP contribution in [0.4, 0.5) is 0 Å². The average Bonchev–Trinajstić information content (AvgIpc) is 3.64. The van der Waals surface area contributed by atoms with E-state index in [-0.39, 0.29) is 58.9 Å². The third-order valence-electron chi connectivity index (χ3n) is 8.99. The second-order valence-corrected chi connectivity index (χ2v) is 15.5. The molecule has 1 radical (unpaired) electrons. The molecule has 4 aromatic carbocycles. The van der Waals surface area contributed by atoms with Crippen molar-refractivity contribution >= 4 is 21.9 Å². The van der Waals surface area contributed by atoms with Gasteiger partial charge >= 0.3 is 0 Å². The van der Waals surface area contributed by atoms with Crippen LogP contribution in [0.2, 0.25) is 0 Å². The van der Waals surface area contributed by atoms with Crippen molar-refractivity contribution in [2.24, 2.45) is 5.41 Å². The molecular formula is C51H49IrN3O-2. The van der Waals surface area contributed by atoms with E-state index >= 15 is 0 Å². The Balaban J connectivity index is 0.000000367. The van der Waals surface area contributed by atoms with Crippen LogP contribution in [0.3, 0.4) is 0 Å². The molecule has 5 heteroatoms. The molecule has 0 amide bonds. The molecule has 0 saturated heterocycles. The molecule has 285 valence electrons. The monoisotopic (exact) mass is 923 g/mol. The van der Waals surface area contributed by atoms with E-state index < -0.39 is 32.3 Å². The van der Waals surface area contributed by atoms with Crippen molar-refractivity contribution in [3.05, 3.63) is 162 Å². The van der Waals surface area contributed by atoms with Crippen molar-refractivity contribution in [2.45, 2.75) is 73.9 Å². The average molecular weight is 923 g/mol. The van der Waals surface area contributed by atoms with Crippen LogP contribution in [0.15, 0.2) is 126 Å². The summed E-state index contributed by atoms with van der Waals surface area (Å²) >= 11 is 0. The first-order chi connectivity index (χ1) is 30.7. The van der Waals surface area contributed by atoms with Crippen LogP contribution in [0.25, 0.3) is 66.8 Å². The Kier molecular flexibility index (Phi) is 8.30. The third kappa shape index (κ3) is 8.91. The van der Waals surface area contributed by atoms with Crippen molar-refractivity contribution in [3.8, 4) is 44.9 Å². The van der Waals surface area contributed by atoms with Crippen molar-refractivity contribution in [2.75, 3.05) is 0 Å². The SMILES string of the molecule is [2H]C([2H])([2H])c1ccc(-c2[c-]cccc2)nc1.[2H]C([2H])([2H])c1cnc(-c2[c-]ccc3c2oc2c(-c4cccc(C(C)(C)C)n4)cccc23)cc1-c1ccc(C([2H])([2H])C(C)(C)C)cc1C([2H])([2H])[2H].[Ir]. The van der Waals surface area contributed by atoms with Crippen LogP contribution in [0.1, 0.15) is 84.6 Å². The second kappa shape index (κ2) is 16.5. The topological polar surface area (TPSA) is 51.8 Å². The molecule has 0 aliphatic heterocycles. The van der Waals surface area contributed by atoms with Crippen LogP contribution in [-0.2, 0) is 31.9 Å². The van der Waals surface area contributed by atoms with Gasteiger partial charge in [-0.05, 0) is 95.3 Å². The summed E-state index contributed by atoms with van der Waals surface area (Å²) in [6.45, 7) is 4.19. The summed E-state index contributed by atoms with van der Waals surface area (Å²) in [4.78, 5) is 13.6. The predicted octanol–water partition coefficient (Wildman–Crippen LogP) is 13.5. The van der Waals surface area contributed by atoms with Gasteiger partial charge in [-0.25, -0.2) is 0 Å². The Labute approximate surface area is 361 Å². The van der Waals surface area contributed by atoms with Crippen molar-refractivity contribution < 1.29 is 39.6 Å². The fourth-order valence-electron chi connectivity index (χ4n) is 6.37. The Morgan fingerprint density at radius 2 is 1.45 bits per heavy atom. The minimum Gasteiger partial charge on any atom is -0.500 e. The molecule has 0 atom stereocenters. The van der Waals surface area contributed by atoms with Gasteiger partial charge in [-0.3, -0.25) is 4.98 Å². The van der Waals surface area contributed by atoms with Crippen LogP contribution in [-0.4, -0.2) is 15.0 Å². The number of pyridine rings is 3. The molecular weight excluding hydrogens is 863 g/mol. The number of rotatable bonds is 5. The molecule has 4 nitrogen and oxygen atoms in total. The molecule has 0 bridgehead atoms. The molecule has 0 saturated carbocycles. The van der Waals surface area contributed by atoms with Crippen LogP contribution in [0, 0.1) is 38.1 Å². The Morgan fingerprint density at radius 3 is 2.16 bits per heavy atom. The molecule has 0 spiro atoms. The number of para-hydroxylation sites is 1. The van der Waals surface area contributed by atoms with E-state index in [1.165, 1.54) is 30.6 Å². The molecule has 0 N–H and O–H groups in total. The number of aryl methyl sites for hydroxylation is 3. The van der Waals surface area contributed by atoms with E-state index in [1.807, 2.05) is 60.7 Å². The summed E-state index contributed by atoms with van der Waals surface area (Å²) in [5, 5.41) is 1.67. The first-order valence-corrected chi connectivity index (χ1v) is 18.1. The van der Waals surface area contributed by atoms with Gasteiger partial charge in [0.15, 0.2) is 0 Å². The zero-order valence-corrected chi connectivity index (χ0v) is 34.5. The summed E-state index contributed by atoms with van der Waals surface area (Å²) in [6.07, 6.45) is 0.783. The Morgan fingerprint density at radius 1 is 0.643 bits per heavy atom. The maximum Gasteiger partial charge on any atom is 0.130 e. The first-order valence-electron chi connectivity index (χ1n) is 23.6. The summed E-state index contributed by atoms with van der Waals surface area (Å²) in [6, 6.07) is 38.5. The van der Waals surface area contributed by atoms with Crippen LogP contribution >= 0.6 is 0 Å². The molecule has 8 rings (SSSR count).